The van der Waals surface area contributed by atoms with Crippen molar-refractivity contribution < 1.29 is 24.5 Å². The Bertz CT molecular complexity index is 409. The van der Waals surface area contributed by atoms with Crippen molar-refractivity contribution in [3.63, 3.8) is 0 Å². The van der Waals surface area contributed by atoms with Crippen LogP contribution in [0.25, 0.3) is 0 Å². The van der Waals surface area contributed by atoms with E-state index in [0.29, 0.717) is 39.0 Å². The van der Waals surface area contributed by atoms with Crippen molar-refractivity contribution in [1.29, 1.82) is 0 Å². The summed E-state index contributed by atoms with van der Waals surface area (Å²) in [5.74, 6) is -0.591. The minimum atomic E-state index is -1.000. The zero-order valence-electron chi connectivity index (χ0n) is 13.2. The third-order valence-corrected chi connectivity index (χ3v) is 4.46. The zero-order valence-corrected chi connectivity index (χ0v) is 13.2. The number of hydrogen-bond acceptors (Lipinski definition) is 5. The quantitative estimate of drug-likeness (QED) is 0.720. The Balaban J connectivity index is 1.88. The molecule has 7 heteroatoms. The largest absolute Gasteiger partial charge is 0.388 e. The monoisotopic (exact) mass is 314 g/mol. The maximum Gasteiger partial charge on any atom is 0.251 e. The molecular formula is C15H26N2O5. The smallest absolute Gasteiger partial charge is 0.251 e. The van der Waals surface area contributed by atoms with Crippen LogP contribution in [0.15, 0.2) is 0 Å². The first kappa shape index (κ1) is 17.2. The molecule has 7 nitrogen and oxygen atoms in total. The number of likely N-dealkylation sites (tertiary alicyclic amines) is 1. The van der Waals surface area contributed by atoms with E-state index in [4.69, 9.17) is 4.74 Å². The van der Waals surface area contributed by atoms with E-state index >= 15 is 0 Å². The van der Waals surface area contributed by atoms with Crippen LogP contribution in [0.3, 0.4) is 0 Å². The number of aliphatic hydroxyl groups is 2. The molecule has 2 rings (SSSR count). The summed E-state index contributed by atoms with van der Waals surface area (Å²) in [6.45, 7) is 1.68. The highest BCUT2D eigenvalue weighted by molar-refractivity contribution is 5.87. The number of nitrogens with zero attached hydrogens (tertiary/aromatic N) is 2. The molecule has 2 N–H and O–H groups in total. The fourth-order valence-corrected chi connectivity index (χ4v) is 2.96. The summed E-state index contributed by atoms with van der Waals surface area (Å²) in [7, 11) is 1.63. The van der Waals surface area contributed by atoms with Gasteiger partial charge >= 0.3 is 0 Å². The fourth-order valence-electron chi connectivity index (χ4n) is 2.96. The lowest BCUT2D eigenvalue weighted by Crippen LogP contribution is -2.50. The molecule has 0 spiro atoms. The van der Waals surface area contributed by atoms with E-state index in [-0.39, 0.29) is 24.9 Å². The van der Waals surface area contributed by atoms with Crippen molar-refractivity contribution in [2.75, 3.05) is 39.9 Å². The number of hydrogen-bond donors (Lipinski definition) is 2. The molecule has 2 heterocycles. The zero-order chi connectivity index (χ0) is 16.2. The molecule has 0 radical (unpaired) electrons. The lowest BCUT2D eigenvalue weighted by Gasteiger charge is -2.36. The van der Waals surface area contributed by atoms with Crippen LogP contribution < -0.4 is 0 Å². The Morgan fingerprint density at radius 1 is 1.41 bits per heavy atom. The van der Waals surface area contributed by atoms with Crippen LogP contribution in [0.5, 0.6) is 0 Å². The molecule has 22 heavy (non-hydrogen) atoms. The molecule has 0 aliphatic carbocycles. The number of ether oxygens (including phenoxy) is 1. The summed E-state index contributed by atoms with van der Waals surface area (Å²) in [5.41, 5.74) is -0.912. The van der Waals surface area contributed by atoms with Gasteiger partial charge in [0.05, 0.1) is 12.1 Å². The summed E-state index contributed by atoms with van der Waals surface area (Å²) < 4.78 is 5.22. The van der Waals surface area contributed by atoms with Gasteiger partial charge in [-0.1, -0.05) is 0 Å². The Morgan fingerprint density at radius 2 is 2.09 bits per heavy atom. The van der Waals surface area contributed by atoms with Gasteiger partial charge in [0, 0.05) is 46.2 Å². The molecule has 126 valence electrons. The third kappa shape index (κ3) is 4.41. The third-order valence-electron chi connectivity index (χ3n) is 4.46. The number of carbonyl (C=O) groups is 2. The molecule has 1 unspecified atom stereocenters. The second-order valence-electron chi connectivity index (χ2n) is 6.36. The highest BCUT2D eigenvalue weighted by Crippen LogP contribution is 2.21. The minimum Gasteiger partial charge on any atom is -0.388 e. The van der Waals surface area contributed by atoms with Crippen LogP contribution in [-0.2, 0) is 14.3 Å². The fraction of sp³-hybridized carbons (Fsp3) is 0.867. The SMILES string of the molecule is CN(CC1(O)CCOCC1)C(=O)CN1CCCCC(O)C1=O. The maximum atomic E-state index is 12.3. The maximum absolute atomic E-state index is 12.3. The molecule has 1 atom stereocenters. The first-order chi connectivity index (χ1) is 10.4. The highest BCUT2D eigenvalue weighted by Gasteiger charge is 2.33. The molecule has 2 amide bonds. The number of amides is 2. The highest BCUT2D eigenvalue weighted by atomic mass is 16.5. The van der Waals surface area contributed by atoms with Gasteiger partial charge in [-0.25, -0.2) is 0 Å². The van der Waals surface area contributed by atoms with Crippen molar-refractivity contribution in [3.8, 4) is 0 Å². The summed E-state index contributed by atoms with van der Waals surface area (Å²) in [4.78, 5) is 27.2. The molecule has 2 aliphatic heterocycles. The van der Waals surface area contributed by atoms with Gasteiger partial charge in [-0.3, -0.25) is 9.59 Å². The summed E-state index contributed by atoms with van der Waals surface area (Å²) in [6.07, 6.45) is 2.05. The molecule has 0 saturated carbocycles. The Hall–Kier alpha value is -1.18. The van der Waals surface area contributed by atoms with E-state index in [2.05, 4.69) is 0 Å². The molecule has 0 aromatic heterocycles. The molecule has 2 fully saturated rings. The lowest BCUT2D eigenvalue weighted by molar-refractivity contribution is -0.147. The van der Waals surface area contributed by atoms with Crippen molar-refractivity contribution in [2.24, 2.45) is 0 Å². The Kier molecular flexibility index (Phi) is 5.77. The summed E-state index contributed by atoms with van der Waals surface area (Å²) >= 11 is 0. The van der Waals surface area contributed by atoms with Crippen molar-refractivity contribution in [3.05, 3.63) is 0 Å². The van der Waals surface area contributed by atoms with Crippen LogP contribution in [0.1, 0.15) is 32.1 Å². The van der Waals surface area contributed by atoms with E-state index in [1.165, 1.54) is 9.80 Å². The lowest BCUT2D eigenvalue weighted by atomic mass is 9.94. The van der Waals surface area contributed by atoms with Gasteiger partial charge < -0.3 is 24.7 Å². The van der Waals surface area contributed by atoms with Gasteiger partial charge in [-0.15, -0.1) is 0 Å². The van der Waals surface area contributed by atoms with E-state index < -0.39 is 11.7 Å². The van der Waals surface area contributed by atoms with E-state index in [1.54, 1.807) is 7.05 Å². The minimum absolute atomic E-state index is 0.0427. The average molecular weight is 314 g/mol. The van der Waals surface area contributed by atoms with Gasteiger partial charge in [0.25, 0.3) is 5.91 Å². The van der Waals surface area contributed by atoms with Crippen molar-refractivity contribution >= 4 is 11.8 Å². The van der Waals surface area contributed by atoms with Crippen molar-refractivity contribution in [1.82, 2.24) is 9.80 Å². The van der Waals surface area contributed by atoms with Gasteiger partial charge in [0.1, 0.15) is 6.10 Å². The first-order valence-electron chi connectivity index (χ1n) is 7.92. The summed E-state index contributed by atoms with van der Waals surface area (Å²) in [6, 6.07) is 0. The molecule has 0 aromatic carbocycles. The molecule has 0 bridgehead atoms. The van der Waals surface area contributed by atoms with Crippen LogP contribution in [0, 0.1) is 0 Å². The van der Waals surface area contributed by atoms with E-state index in [9.17, 15) is 19.8 Å². The van der Waals surface area contributed by atoms with Gasteiger partial charge in [-0.2, -0.15) is 0 Å². The van der Waals surface area contributed by atoms with E-state index in [1.807, 2.05) is 0 Å². The van der Waals surface area contributed by atoms with Gasteiger partial charge in [-0.05, 0) is 19.3 Å². The normalized spacial score (nSPS) is 25.7. The van der Waals surface area contributed by atoms with Crippen LogP contribution in [0.2, 0.25) is 0 Å². The number of likely N-dealkylation sites (N-methyl/N-ethyl adjacent to an activating group) is 1. The standard InChI is InChI=1S/C15H26N2O5/c1-16(11-15(21)5-8-22-9-6-15)13(19)10-17-7-3-2-4-12(18)14(17)20/h12,18,21H,2-11H2,1H3. The van der Waals surface area contributed by atoms with Crippen LogP contribution in [-0.4, -0.2) is 83.4 Å². The predicted octanol–water partition coefficient (Wildman–Crippen LogP) is -0.640. The second-order valence-corrected chi connectivity index (χ2v) is 6.36. The topological polar surface area (TPSA) is 90.3 Å². The Morgan fingerprint density at radius 3 is 2.77 bits per heavy atom. The molecule has 2 saturated heterocycles. The predicted molar refractivity (Wildman–Crippen MR) is 79.1 cm³/mol. The van der Waals surface area contributed by atoms with Gasteiger partial charge in [0.2, 0.25) is 5.91 Å². The first-order valence-corrected chi connectivity index (χ1v) is 7.92. The van der Waals surface area contributed by atoms with Gasteiger partial charge in [0.15, 0.2) is 0 Å². The molecule has 2 aliphatic rings. The Labute approximate surface area is 130 Å². The van der Waals surface area contributed by atoms with E-state index in [0.717, 1.165) is 12.8 Å². The molecule has 0 aromatic rings. The second kappa shape index (κ2) is 7.39. The van der Waals surface area contributed by atoms with Crippen LogP contribution >= 0.6 is 0 Å². The number of rotatable bonds is 4. The van der Waals surface area contributed by atoms with Crippen LogP contribution in [0.4, 0.5) is 0 Å². The number of carbonyl (C=O) groups excluding carboxylic acids is 2. The van der Waals surface area contributed by atoms with Crippen molar-refractivity contribution in [2.45, 2.75) is 43.8 Å². The summed E-state index contributed by atoms with van der Waals surface area (Å²) in [5, 5.41) is 20.2. The molecular weight excluding hydrogens is 288 g/mol. The average Bonchev–Trinajstić information content (AvgIpc) is 2.63. The number of aliphatic hydroxyl groups excluding tert-OH is 1.